The molecule has 3 heteroatoms. The molecule has 0 radical (unpaired) electrons. The Labute approximate surface area is 60.2 Å². The van der Waals surface area contributed by atoms with Crippen LogP contribution < -0.4 is 5.73 Å². The lowest BCUT2D eigenvalue weighted by molar-refractivity contribution is -0.118. The van der Waals surface area contributed by atoms with E-state index in [4.69, 9.17) is 5.73 Å². The Bertz CT molecular complexity index is 103. The number of hydrogen-bond donors (Lipinski definition) is 1. The predicted octanol–water partition coefficient (Wildman–Crippen LogP) is 0.859. The van der Waals surface area contributed by atoms with E-state index in [0.29, 0.717) is 5.92 Å². The topological polar surface area (TPSA) is 43.1 Å². The van der Waals surface area contributed by atoms with Crippen LogP contribution in [0.1, 0.15) is 13.8 Å². The van der Waals surface area contributed by atoms with Gasteiger partial charge in [-0.2, -0.15) is 11.8 Å². The fourth-order valence-corrected chi connectivity index (χ4v) is 1.49. The second kappa shape index (κ2) is 3.77. The van der Waals surface area contributed by atoms with Crippen molar-refractivity contribution in [2.45, 2.75) is 19.1 Å². The summed E-state index contributed by atoms with van der Waals surface area (Å²) >= 11 is 1.51. The van der Waals surface area contributed by atoms with Gasteiger partial charge in [0.05, 0.1) is 5.25 Å². The molecule has 0 aromatic carbocycles. The van der Waals surface area contributed by atoms with Crippen LogP contribution in [-0.2, 0) is 4.79 Å². The smallest absolute Gasteiger partial charge is 0.230 e. The van der Waals surface area contributed by atoms with Crippen LogP contribution in [0.3, 0.4) is 0 Å². The van der Waals surface area contributed by atoms with Gasteiger partial charge in [-0.05, 0) is 12.2 Å². The average Bonchev–Trinajstić information content (AvgIpc) is 1.64. The Morgan fingerprint density at radius 1 is 1.56 bits per heavy atom. The maximum absolute atomic E-state index is 10.6. The second-order valence-electron chi connectivity index (χ2n) is 2.30. The Morgan fingerprint density at radius 3 is 2.00 bits per heavy atom. The van der Waals surface area contributed by atoms with E-state index in [0.717, 1.165) is 0 Å². The summed E-state index contributed by atoms with van der Waals surface area (Å²) < 4.78 is 0. The summed E-state index contributed by atoms with van der Waals surface area (Å²) in [5.41, 5.74) is 5.09. The molecule has 2 nitrogen and oxygen atoms in total. The van der Waals surface area contributed by atoms with Crippen LogP contribution in [0.15, 0.2) is 0 Å². The third-order valence-electron chi connectivity index (χ3n) is 1.14. The predicted molar refractivity (Wildman–Crippen MR) is 41.3 cm³/mol. The molecule has 0 aliphatic rings. The maximum Gasteiger partial charge on any atom is 0.230 e. The first-order valence-electron chi connectivity index (χ1n) is 2.91. The Morgan fingerprint density at radius 2 is 2.00 bits per heavy atom. The van der Waals surface area contributed by atoms with Gasteiger partial charge in [-0.1, -0.05) is 13.8 Å². The molecule has 0 spiro atoms. The average molecular weight is 147 g/mol. The molecule has 54 valence electrons. The minimum atomic E-state index is -0.211. The van der Waals surface area contributed by atoms with Crippen LogP contribution in [0.4, 0.5) is 0 Å². The fourth-order valence-electron chi connectivity index (χ4n) is 0.717. The molecule has 0 aromatic rings. The molecule has 0 aliphatic heterocycles. The number of nitrogens with two attached hydrogens (primary N) is 1. The fraction of sp³-hybridized carbons (Fsp3) is 0.833. The standard InChI is InChI=1S/C6H13NOS/c1-4(2)5(9-3)6(7)8/h4-5H,1-3H3,(H2,7,8). The van der Waals surface area contributed by atoms with E-state index in [1.807, 2.05) is 20.1 Å². The molecule has 1 unspecified atom stereocenters. The van der Waals surface area contributed by atoms with Crippen molar-refractivity contribution in [2.75, 3.05) is 6.26 Å². The molecule has 0 aromatic heterocycles. The molecule has 0 bridgehead atoms. The summed E-state index contributed by atoms with van der Waals surface area (Å²) in [7, 11) is 0. The number of primary amides is 1. The Kier molecular flexibility index (Phi) is 3.70. The highest BCUT2D eigenvalue weighted by molar-refractivity contribution is 7.99. The van der Waals surface area contributed by atoms with Gasteiger partial charge in [-0.25, -0.2) is 0 Å². The highest BCUT2D eigenvalue weighted by Gasteiger charge is 2.16. The molecule has 0 saturated carbocycles. The van der Waals surface area contributed by atoms with Crippen molar-refractivity contribution in [1.29, 1.82) is 0 Å². The Hall–Kier alpha value is -0.180. The number of rotatable bonds is 3. The quantitative estimate of drug-likeness (QED) is 0.643. The monoisotopic (exact) mass is 147 g/mol. The van der Waals surface area contributed by atoms with Crippen molar-refractivity contribution in [3.05, 3.63) is 0 Å². The molecular weight excluding hydrogens is 134 g/mol. The van der Waals surface area contributed by atoms with E-state index in [2.05, 4.69) is 0 Å². The molecule has 1 atom stereocenters. The van der Waals surface area contributed by atoms with E-state index in [9.17, 15) is 4.79 Å². The lowest BCUT2D eigenvalue weighted by Crippen LogP contribution is -2.29. The zero-order chi connectivity index (χ0) is 7.44. The highest BCUT2D eigenvalue weighted by Crippen LogP contribution is 2.14. The SMILES string of the molecule is CSC(C(N)=O)C(C)C. The third-order valence-corrected chi connectivity index (χ3v) is 2.42. The molecule has 1 amide bonds. The summed E-state index contributed by atoms with van der Waals surface area (Å²) in [5, 5.41) is -0.0231. The van der Waals surface area contributed by atoms with Gasteiger partial charge in [-0.3, -0.25) is 4.79 Å². The summed E-state index contributed by atoms with van der Waals surface area (Å²) in [5.74, 6) is 0.134. The molecule has 0 aliphatic carbocycles. The van der Waals surface area contributed by atoms with Crippen LogP contribution in [0.5, 0.6) is 0 Å². The second-order valence-corrected chi connectivity index (χ2v) is 3.28. The maximum atomic E-state index is 10.6. The van der Waals surface area contributed by atoms with Gasteiger partial charge in [0.1, 0.15) is 0 Å². The lowest BCUT2D eigenvalue weighted by Gasteiger charge is -2.12. The van der Waals surface area contributed by atoms with E-state index in [-0.39, 0.29) is 11.2 Å². The molecule has 0 fully saturated rings. The summed E-state index contributed by atoms with van der Waals surface area (Å²) in [6.45, 7) is 3.98. The normalized spacial score (nSPS) is 13.8. The highest BCUT2D eigenvalue weighted by atomic mass is 32.2. The zero-order valence-corrected chi connectivity index (χ0v) is 6.87. The van der Waals surface area contributed by atoms with E-state index in [1.54, 1.807) is 0 Å². The first-order valence-corrected chi connectivity index (χ1v) is 4.20. The number of carbonyl (C=O) groups is 1. The minimum Gasteiger partial charge on any atom is -0.369 e. The minimum absolute atomic E-state index is 0.0231. The van der Waals surface area contributed by atoms with Crippen molar-refractivity contribution in [3.8, 4) is 0 Å². The van der Waals surface area contributed by atoms with Gasteiger partial charge in [0.25, 0.3) is 0 Å². The summed E-state index contributed by atoms with van der Waals surface area (Å²) in [6.07, 6.45) is 1.90. The lowest BCUT2D eigenvalue weighted by atomic mass is 10.1. The van der Waals surface area contributed by atoms with Crippen molar-refractivity contribution in [2.24, 2.45) is 11.7 Å². The van der Waals surface area contributed by atoms with E-state index >= 15 is 0 Å². The van der Waals surface area contributed by atoms with Gasteiger partial charge >= 0.3 is 0 Å². The first kappa shape index (κ1) is 8.82. The van der Waals surface area contributed by atoms with E-state index < -0.39 is 0 Å². The van der Waals surface area contributed by atoms with Crippen LogP contribution in [0, 0.1) is 5.92 Å². The van der Waals surface area contributed by atoms with Gasteiger partial charge < -0.3 is 5.73 Å². The number of thioether (sulfide) groups is 1. The number of hydrogen-bond acceptors (Lipinski definition) is 2. The molecule has 2 N–H and O–H groups in total. The zero-order valence-electron chi connectivity index (χ0n) is 6.05. The third kappa shape index (κ3) is 2.75. The molecule has 9 heavy (non-hydrogen) atoms. The van der Waals surface area contributed by atoms with Crippen molar-refractivity contribution >= 4 is 17.7 Å². The first-order chi connectivity index (χ1) is 4.09. The van der Waals surface area contributed by atoms with Crippen molar-refractivity contribution < 1.29 is 4.79 Å². The Balaban J connectivity index is 3.83. The summed E-state index contributed by atoms with van der Waals surface area (Å²) in [6, 6.07) is 0. The molecular formula is C6H13NOS. The van der Waals surface area contributed by atoms with Crippen LogP contribution in [0.25, 0.3) is 0 Å². The van der Waals surface area contributed by atoms with Crippen LogP contribution >= 0.6 is 11.8 Å². The van der Waals surface area contributed by atoms with Gasteiger partial charge in [0, 0.05) is 0 Å². The van der Waals surface area contributed by atoms with Gasteiger partial charge in [-0.15, -0.1) is 0 Å². The van der Waals surface area contributed by atoms with Crippen LogP contribution in [0.2, 0.25) is 0 Å². The van der Waals surface area contributed by atoms with Crippen molar-refractivity contribution in [3.63, 3.8) is 0 Å². The number of carbonyl (C=O) groups excluding carboxylic acids is 1. The summed E-state index contributed by atoms with van der Waals surface area (Å²) in [4.78, 5) is 10.6. The van der Waals surface area contributed by atoms with Crippen LogP contribution in [-0.4, -0.2) is 17.4 Å². The van der Waals surface area contributed by atoms with Gasteiger partial charge in [0.2, 0.25) is 5.91 Å². The molecule has 0 saturated heterocycles. The molecule has 0 rings (SSSR count). The molecule has 0 heterocycles. The largest absolute Gasteiger partial charge is 0.369 e. The van der Waals surface area contributed by atoms with E-state index in [1.165, 1.54) is 11.8 Å². The number of amides is 1. The van der Waals surface area contributed by atoms with Gasteiger partial charge in [0.15, 0.2) is 0 Å². The van der Waals surface area contributed by atoms with Crippen molar-refractivity contribution in [1.82, 2.24) is 0 Å².